The molecule has 0 bridgehead atoms. The van der Waals surface area contributed by atoms with Crippen LogP contribution in [-0.4, -0.2) is 19.1 Å². The van der Waals surface area contributed by atoms with E-state index in [-0.39, 0.29) is 5.92 Å². The average Bonchev–Trinajstić information content (AvgIpc) is 3.82. The van der Waals surface area contributed by atoms with Crippen molar-refractivity contribution in [1.82, 2.24) is 19.1 Å². The molecule has 4 heteroatoms. The zero-order chi connectivity index (χ0) is 40.2. The Morgan fingerprint density at radius 3 is 2.11 bits per heavy atom. The SMILES string of the molecule is CC1CC=Cc2nc(-n3c4ccc(-n5c6ccccc6c6cc7ccccc7cc65)cc4c4c5c(ccc43)CCC=C5)c(-c3ccc(-c4ccccc4)c4ccccc34)nc21. The minimum atomic E-state index is 0.261. The van der Waals surface area contributed by atoms with E-state index >= 15 is 0 Å². The molecule has 0 fully saturated rings. The Kier molecular flexibility index (Phi) is 7.44. The van der Waals surface area contributed by atoms with Crippen LogP contribution in [0.15, 0.2) is 170 Å². The van der Waals surface area contributed by atoms with Gasteiger partial charge in [0.05, 0.1) is 33.5 Å². The standard InChI is InChI=1S/C57H40N4/c1-35-14-13-24-49-55(35)59-56(46-29-28-41(36-15-3-2-4-16-36)43-21-9-10-22-44(43)46)57(58-49)61-51-31-27-40(34-48(51)54-42-20-8-7-17-37(42)26-30-52(54)61)60-50-25-12-11-23-45(50)47-32-38-18-5-6-19-39(38)33-53(47)60/h2-6,8-13,15-16,18-35H,7,14,17H2,1H3. The molecule has 0 saturated carbocycles. The Morgan fingerprint density at radius 1 is 0.525 bits per heavy atom. The molecule has 3 aromatic heterocycles. The van der Waals surface area contributed by atoms with Gasteiger partial charge in [0.1, 0.15) is 5.69 Å². The molecule has 2 aliphatic carbocycles. The number of para-hydroxylation sites is 1. The van der Waals surface area contributed by atoms with E-state index in [9.17, 15) is 0 Å². The number of aryl methyl sites for hydroxylation is 1. The second kappa shape index (κ2) is 13.2. The van der Waals surface area contributed by atoms with Gasteiger partial charge in [-0.2, -0.15) is 0 Å². The van der Waals surface area contributed by atoms with E-state index in [2.05, 4.69) is 198 Å². The van der Waals surface area contributed by atoms with Crippen LogP contribution in [0.1, 0.15) is 48.2 Å². The van der Waals surface area contributed by atoms with Gasteiger partial charge in [-0.05, 0) is 112 Å². The van der Waals surface area contributed by atoms with Crippen molar-refractivity contribution in [3.05, 3.63) is 192 Å². The molecule has 4 nitrogen and oxygen atoms in total. The van der Waals surface area contributed by atoms with E-state index in [0.29, 0.717) is 0 Å². The maximum Gasteiger partial charge on any atom is 0.165 e. The number of aromatic nitrogens is 4. The normalized spacial score (nSPS) is 14.8. The molecule has 0 spiro atoms. The third-order valence-electron chi connectivity index (χ3n) is 13.3. The second-order valence-corrected chi connectivity index (χ2v) is 16.9. The van der Waals surface area contributed by atoms with Crippen molar-refractivity contribution >= 4 is 77.3 Å². The van der Waals surface area contributed by atoms with Crippen molar-refractivity contribution in [3.8, 4) is 33.9 Å². The molecular weight excluding hydrogens is 741 g/mol. The smallest absolute Gasteiger partial charge is 0.165 e. The number of nitrogens with zero attached hydrogens (tertiary/aromatic N) is 4. The summed E-state index contributed by atoms with van der Waals surface area (Å²) in [6.07, 6.45) is 12.1. The lowest BCUT2D eigenvalue weighted by Crippen LogP contribution is -2.12. The molecule has 2 aliphatic rings. The molecule has 11 aromatic rings. The molecule has 0 N–H and O–H groups in total. The highest BCUT2D eigenvalue weighted by Crippen LogP contribution is 2.44. The topological polar surface area (TPSA) is 35.6 Å². The molecule has 0 radical (unpaired) electrons. The van der Waals surface area contributed by atoms with Crippen LogP contribution in [0.3, 0.4) is 0 Å². The maximum atomic E-state index is 5.67. The first-order valence-electron chi connectivity index (χ1n) is 21.5. The lowest BCUT2D eigenvalue weighted by atomic mass is 9.92. The van der Waals surface area contributed by atoms with Crippen LogP contribution >= 0.6 is 0 Å². The lowest BCUT2D eigenvalue weighted by molar-refractivity contribution is 0.729. The van der Waals surface area contributed by atoms with Crippen LogP contribution in [0.5, 0.6) is 0 Å². The molecule has 1 atom stereocenters. The fourth-order valence-corrected chi connectivity index (χ4v) is 10.5. The highest BCUT2D eigenvalue weighted by atomic mass is 15.1. The molecule has 288 valence electrons. The van der Waals surface area contributed by atoms with Crippen LogP contribution in [0, 0.1) is 0 Å². The molecule has 0 saturated heterocycles. The maximum absolute atomic E-state index is 5.67. The first-order chi connectivity index (χ1) is 30.2. The summed E-state index contributed by atoms with van der Waals surface area (Å²) in [7, 11) is 0. The predicted molar refractivity (Wildman–Crippen MR) is 256 cm³/mol. The van der Waals surface area contributed by atoms with Crippen molar-refractivity contribution in [3.63, 3.8) is 0 Å². The lowest BCUT2D eigenvalue weighted by Gasteiger charge is -2.22. The van der Waals surface area contributed by atoms with Crippen LogP contribution < -0.4 is 0 Å². The Bertz CT molecular complexity index is 3690. The first kappa shape index (κ1) is 34.3. The van der Waals surface area contributed by atoms with E-state index in [1.807, 2.05) is 0 Å². The van der Waals surface area contributed by atoms with Crippen molar-refractivity contribution in [2.75, 3.05) is 0 Å². The van der Waals surface area contributed by atoms with E-state index in [1.54, 1.807) is 0 Å². The van der Waals surface area contributed by atoms with Gasteiger partial charge in [-0.15, -0.1) is 0 Å². The minimum Gasteiger partial charge on any atom is -0.309 e. The largest absolute Gasteiger partial charge is 0.309 e. The summed E-state index contributed by atoms with van der Waals surface area (Å²) in [5.74, 6) is 1.11. The van der Waals surface area contributed by atoms with Crippen molar-refractivity contribution in [2.24, 2.45) is 0 Å². The van der Waals surface area contributed by atoms with Gasteiger partial charge in [0.2, 0.25) is 0 Å². The summed E-state index contributed by atoms with van der Waals surface area (Å²) in [5.41, 5.74) is 14.9. The van der Waals surface area contributed by atoms with E-state index in [1.165, 1.54) is 76.4 Å². The van der Waals surface area contributed by atoms with Crippen LogP contribution in [-0.2, 0) is 6.42 Å². The molecule has 0 aliphatic heterocycles. The third kappa shape index (κ3) is 5.12. The number of rotatable bonds is 4. The van der Waals surface area contributed by atoms with Gasteiger partial charge in [-0.25, -0.2) is 9.97 Å². The molecule has 1 unspecified atom stereocenters. The Balaban J connectivity index is 1.13. The van der Waals surface area contributed by atoms with Gasteiger partial charge >= 0.3 is 0 Å². The molecule has 13 rings (SSSR count). The second-order valence-electron chi connectivity index (χ2n) is 16.9. The number of hydrogen-bond donors (Lipinski definition) is 0. The van der Waals surface area contributed by atoms with Gasteiger partial charge in [0, 0.05) is 38.7 Å². The first-order valence-corrected chi connectivity index (χ1v) is 21.5. The van der Waals surface area contributed by atoms with E-state index < -0.39 is 0 Å². The van der Waals surface area contributed by atoms with Gasteiger partial charge in [-0.3, -0.25) is 4.57 Å². The fourth-order valence-electron chi connectivity index (χ4n) is 10.5. The Hall–Kier alpha value is -7.56. The number of benzene rings is 8. The molecule has 0 amide bonds. The molecule has 8 aromatic carbocycles. The quantitative estimate of drug-likeness (QED) is 0.178. The third-order valence-corrected chi connectivity index (χ3v) is 13.3. The van der Waals surface area contributed by atoms with Crippen LogP contribution in [0.4, 0.5) is 0 Å². The predicted octanol–water partition coefficient (Wildman–Crippen LogP) is 14.8. The Morgan fingerprint density at radius 2 is 1.25 bits per heavy atom. The Labute approximate surface area is 353 Å². The van der Waals surface area contributed by atoms with Crippen LogP contribution in [0.2, 0.25) is 0 Å². The summed E-state index contributed by atoms with van der Waals surface area (Å²) < 4.78 is 4.87. The van der Waals surface area contributed by atoms with Gasteiger partial charge in [0.15, 0.2) is 5.82 Å². The average molecular weight is 781 g/mol. The number of hydrogen-bond acceptors (Lipinski definition) is 2. The zero-order valence-corrected chi connectivity index (χ0v) is 33.8. The summed E-state index contributed by atoms with van der Waals surface area (Å²) in [5, 5.41) is 9.85. The minimum absolute atomic E-state index is 0.261. The molecular formula is C57H40N4. The highest BCUT2D eigenvalue weighted by molar-refractivity contribution is 6.17. The summed E-state index contributed by atoms with van der Waals surface area (Å²) in [6, 6.07) is 58.0. The number of fused-ring (bicyclic) bond motifs is 11. The summed E-state index contributed by atoms with van der Waals surface area (Å²) >= 11 is 0. The van der Waals surface area contributed by atoms with Gasteiger partial charge < -0.3 is 4.57 Å². The van der Waals surface area contributed by atoms with Crippen molar-refractivity contribution < 1.29 is 0 Å². The molecule has 61 heavy (non-hydrogen) atoms. The zero-order valence-electron chi connectivity index (χ0n) is 33.8. The van der Waals surface area contributed by atoms with Crippen molar-refractivity contribution in [2.45, 2.75) is 32.1 Å². The summed E-state index contributed by atoms with van der Waals surface area (Å²) in [6.45, 7) is 2.27. The molecule has 3 heterocycles. The van der Waals surface area contributed by atoms with E-state index in [0.717, 1.165) is 64.4 Å². The fraction of sp³-hybridized carbons (Fsp3) is 0.0877. The van der Waals surface area contributed by atoms with E-state index in [4.69, 9.17) is 9.97 Å². The van der Waals surface area contributed by atoms with Crippen LogP contribution in [0.25, 0.3) is 111 Å². The monoisotopic (exact) mass is 780 g/mol. The van der Waals surface area contributed by atoms with Gasteiger partial charge in [-0.1, -0.05) is 140 Å². The number of allylic oxidation sites excluding steroid dienone is 2. The van der Waals surface area contributed by atoms with Gasteiger partial charge in [0.25, 0.3) is 0 Å². The van der Waals surface area contributed by atoms with Crippen molar-refractivity contribution in [1.29, 1.82) is 0 Å². The summed E-state index contributed by atoms with van der Waals surface area (Å²) in [4.78, 5) is 11.3. The highest BCUT2D eigenvalue weighted by Gasteiger charge is 2.27.